The molecule has 3 aromatic rings. The summed E-state index contributed by atoms with van der Waals surface area (Å²) in [5, 5.41) is 8.69. The van der Waals surface area contributed by atoms with Crippen LogP contribution >= 0.6 is 22.9 Å². The summed E-state index contributed by atoms with van der Waals surface area (Å²) in [5.74, 6) is 0. The third-order valence-corrected chi connectivity index (χ3v) is 6.43. The Morgan fingerprint density at radius 2 is 1.78 bits per heavy atom. The first-order chi connectivity index (χ1) is 13.1. The Morgan fingerprint density at radius 3 is 2.44 bits per heavy atom. The van der Waals surface area contributed by atoms with Gasteiger partial charge in [0, 0.05) is 43.7 Å². The van der Waals surface area contributed by atoms with Gasteiger partial charge in [-0.25, -0.2) is 9.67 Å². The number of aromatic nitrogens is 3. The van der Waals surface area contributed by atoms with Crippen molar-refractivity contribution in [3.63, 3.8) is 0 Å². The molecule has 142 valence electrons. The first-order valence-electron chi connectivity index (χ1n) is 9.25. The van der Waals surface area contributed by atoms with E-state index in [0.717, 1.165) is 60.0 Å². The molecule has 0 amide bonds. The molecule has 0 atom stereocenters. The molecule has 1 aliphatic heterocycles. The van der Waals surface area contributed by atoms with E-state index >= 15 is 0 Å². The van der Waals surface area contributed by atoms with E-state index < -0.39 is 0 Å². The van der Waals surface area contributed by atoms with Gasteiger partial charge >= 0.3 is 0 Å². The molecule has 0 unspecified atom stereocenters. The van der Waals surface area contributed by atoms with Crippen LogP contribution in [-0.4, -0.2) is 45.8 Å². The number of piperazine rings is 1. The zero-order valence-electron chi connectivity index (χ0n) is 15.7. The predicted octanol–water partition coefficient (Wildman–Crippen LogP) is 3.98. The molecular formula is C20H24ClN5S. The van der Waals surface area contributed by atoms with E-state index in [2.05, 4.69) is 44.3 Å². The molecule has 1 aromatic carbocycles. The fourth-order valence-corrected chi connectivity index (χ4v) is 4.59. The summed E-state index contributed by atoms with van der Waals surface area (Å²) in [6, 6.07) is 10.3. The number of thiazole rings is 1. The fourth-order valence-electron chi connectivity index (χ4n) is 3.44. The lowest BCUT2D eigenvalue weighted by molar-refractivity contribution is 0.249. The molecule has 1 saturated heterocycles. The van der Waals surface area contributed by atoms with Crippen LogP contribution in [0.15, 0.2) is 35.7 Å². The Labute approximate surface area is 169 Å². The molecule has 0 radical (unpaired) electrons. The number of hydrogen-bond acceptors (Lipinski definition) is 5. The molecule has 27 heavy (non-hydrogen) atoms. The number of halogens is 1. The molecule has 1 fully saturated rings. The monoisotopic (exact) mass is 401 g/mol. The number of aryl methyl sites for hydroxylation is 2. The Hall–Kier alpha value is -1.89. The Bertz CT molecular complexity index is 896. The van der Waals surface area contributed by atoms with Crippen LogP contribution in [0.3, 0.4) is 0 Å². The summed E-state index contributed by atoms with van der Waals surface area (Å²) in [4.78, 5) is 9.44. The molecule has 2 aromatic heterocycles. The van der Waals surface area contributed by atoms with Gasteiger partial charge in [0.1, 0.15) is 5.15 Å². The van der Waals surface area contributed by atoms with Crippen LogP contribution < -0.4 is 4.90 Å². The highest BCUT2D eigenvalue weighted by molar-refractivity contribution is 7.13. The highest BCUT2D eigenvalue weighted by Gasteiger charge is 2.22. The number of nitrogens with zero attached hydrogens (tertiary/aromatic N) is 5. The fraction of sp³-hybridized carbons (Fsp3) is 0.400. The van der Waals surface area contributed by atoms with E-state index in [1.54, 1.807) is 11.3 Å². The predicted molar refractivity (Wildman–Crippen MR) is 112 cm³/mol. The van der Waals surface area contributed by atoms with Crippen molar-refractivity contribution in [2.24, 2.45) is 0 Å². The van der Waals surface area contributed by atoms with Gasteiger partial charge in [-0.05, 0) is 19.4 Å². The van der Waals surface area contributed by atoms with Gasteiger partial charge < -0.3 is 4.90 Å². The average Bonchev–Trinajstić information content (AvgIpc) is 3.22. The Kier molecular flexibility index (Phi) is 5.48. The molecule has 0 spiro atoms. The Morgan fingerprint density at radius 1 is 1.04 bits per heavy atom. The first-order valence-corrected chi connectivity index (χ1v) is 10.5. The minimum atomic E-state index is 0.706. The van der Waals surface area contributed by atoms with Gasteiger partial charge in [0.25, 0.3) is 0 Å². The summed E-state index contributed by atoms with van der Waals surface area (Å²) in [6.07, 6.45) is 0. The topological polar surface area (TPSA) is 37.2 Å². The normalized spacial score (nSPS) is 15.4. The van der Waals surface area contributed by atoms with Gasteiger partial charge in [-0.15, -0.1) is 11.3 Å². The van der Waals surface area contributed by atoms with Crippen LogP contribution in [0.4, 0.5) is 5.13 Å². The van der Waals surface area contributed by atoms with Crippen LogP contribution in [0.2, 0.25) is 5.15 Å². The van der Waals surface area contributed by atoms with Crippen LogP contribution in [0.25, 0.3) is 0 Å². The molecular weight excluding hydrogens is 378 g/mol. The maximum Gasteiger partial charge on any atom is 0.185 e. The maximum atomic E-state index is 6.68. The molecule has 0 N–H and O–H groups in total. The van der Waals surface area contributed by atoms with Crippen LogP contribution in [0, 0.1) is 13.8 Å². The van der Waals surface area contributed by atoms with Crippen LogP contribution in [-0.2, 0) is 13.1 Å². The van der Waals surface area contributed by atoms with E-state index in [0.29, 0.717) is 6.54 Å². The molecule has 7 heteroatoms. The highest BCUT2D eigenvalue weighted by Crippen LogP contribution is 2.25. The lowest BCUT2D eigenvalue weighted by atomic mass is 10.2. The third kappa shape index (κ3) is 4.18. The second-order valence-electron chi connectivity index (χ2n) is 7.03. The van der Waals surface area contributed by atoms with Gasteiger partial charge in [0.05, 0.1) is 17.9 Å². The second-order valence-corrected chi connectivity index (χ2v) is 8.23. The van der Waals surface area contributed by atoms with E-state index in [1.165, 1.54) is 5.56 Å². The lowest BCUT2D eigenvalue weighted by Crippen LogP contribution is -2.46. The van der Waals surface area contributed by atoms with Gasteiger partial charge in [-0.3, -0.25) is 4.90 Å². The van der Waals surface area contributed by atoms with Crippen molar-refractivity contribution in [3.05, 3.63) is 63.4 Å². The van der Waals surface area contributed by atoms with Gasteiger partial charge in [-0.2, -0.15) is 5.10 Å². The highest BCUT2D eigenvalue weighted by atomic mass is 35.5. The standard InChI is InChI=1S/C20H24ClN5S/c1-15-14-27-20(22-15)25-10-8-24(9-11-25)13-18-16(2)23-26(19(18)21)12-17-6-4-3-5-7-17/h3-7,14H,8-13H2,1-2H3. The second kappa shape index (κ2) is 8.00. The molecule has 3 heterocycles. The van der Waals surface area contributed by atoms with Crippen molar-refractivity contribution in [3.8, 4) is 0 Å². The minimum absolute atomic E-state index is 0.706. The molecule has 0 aliphatic carbocycles. The van der Waals surface area contributed by atoms with Crippen molar-refractivity contribution in [2.45, 2.75) is 26.9 Å². The summed E-state index contributed by atoms with van der Waals surface area (Å²) in [7, 11) is 0. The maximum absolute atomic E-state index is 6.68. The van der Waals surface area contributed by atoms with Crippen molar-refractivity contribution in [2.75, 3.05) is 31.1 Å². The number of anilines is 1. The Balaban J connectivity index is 1.40. The van der Waals surface area contributed by atoms with E-state index in [-0.39, 0.29) is 0 Å². The smallest absolute Gasteiger partial charge is 0.185 e. The average molecular weight is 402 g/mol. The van der Waals surface area contributed by atoms with Crippen molar-refractivity contribution in [1.29, 1.82) is 0 Å². The SMILES string of the molecule is Cc1csc(N2CCN(Cc3c(C)nn(Cc4ccccc4)c3Cl)CC2)n1. The minimum Gasteiger partial charge on any atom is -0.346 e. The summed E-state index contributed by atoms with van der Waals surface area (Å²) in [5.41, 5.74) is 4.48. The van der Waals surface area contributed by atoms with Crippen LogP contribution in [0.5, 0.6) is 0 Å². The summed E-state index contributed by atoms with van der Waals surface area (Å²) >= 11 is 8.41. The van der Waals surface area contributed by atoms with E-state index in [1.807, 2.05) is 29.8 Å². The van der Waals surface area contributed by atoms with Crippen LogP contribution in [0.1, 0.15) is 22.5 Å². The third-order valence-electron chi connectivity index (χ3n) is 4.99. The number of rotatable bonds is 5. The zero-order valence-corrected chi connectivity index (χ0v) is 17.3. The molecule has 0 saturated carbocycles. The summed E-state index contributed by atoms with van der Waals surface area (Å²) < 4.78 is 1.91. The van der Waals surface area contributed by atoms with E-state index in [4.69, 9.17) is 11.6 Å². The zero-order chi connectivity index (χ0) is 18.8. The molecule has 1 aliphatic rings. The van der Waals surface area contributed by atoms with E-state index in [9.17, 15) is 0 Å². The van der Waals surface area contributed by atoms with Gasteiger partial charge in [-0.1, -0.05) is 41.9 Å². The number of benzene rings is 1. The largest absolute Gasteiger partial charge is 0.346 e. The van der Waals surface area contributed by atoms with Gasteiger partial charge in [0.2, 0.25) is 0 Å². The van der Waals surface area contributed by atoms with Crippen molar-refractivity contribution in [1.82, 2.24) is 19.7 Å². The van der Waals surface area contributed by atoms with Crippen molar-refractivity contribution >= 4 is 28.1 Å². The first kappa shape index (κ1) is 18.5. The number of hydrogen-bond donors (Lipinski definition) is 0. The molecule has 5 nitrogen and oxygen atoms in total. The molecule has 0 bridgehead atoms. The lowest BCUT2D eigenvalue weighted by Gasteiger charge is -2.34. The summed E-state index contributed by atoms with van der Waals surface area (Å²) in [6.45, 7) is 9.69. The van der Waals surface area contributed by atoms with Gasteiger partial charge in [0.15, 0.2) is 5.13 Å². The van der Waals surface area contributed by atoms with Crippen molar-refractivity contribution < 1.29 is 0 Å². The quantitative estimate of drug-likeness (QED) is 0.648. The molecule has 4 rings (SSSR count).